The van der Waals surface area contributed by atoms with Crippen LogP contribution in [0.4, 0.5) is 21.5 Å². The third-order valence-electron chi connectivity index (χ3n) is 11.1. The molecule has 2 aliphatic carbocycles. The molecule has 0 unspecified atom stereocenters. The summed E-state index contributed by atoms with van der Waals surface area (Å²) in [5.74, 6) is -7.02. The van der Waals surface area contributed by atoms with Crippen molar-refractivity contribution < 1.29 is 38.3 Å². The molecule has 0 aromatic heterocycles. The summed E-state index contributed by atoms with van der Waals surface area (Å²) >= 11 is 6.34. The number of hydrogen-bond donors (Lipinski definition) is 2. The summed E-state index contributed by atoms with van der Waals surface area (Å²) in [5, 5.41) is 23.1. The van der Waals surface area contributed by atoms with Crippen LogP contribution in [0.15, 0.2) is 103 Å². The second-order valence-electron chi connectivity index (χ2n) is 13.6. The number of nitrogens with zero attached hydrogens (tertiary/aromatic N) is 3. The van der Waals surface area contributed by atoms with Crippen molar-refractivity contribution in [1.29, 1.82) is 0 Å². The van der Waals surface area contributed by atoms with E-state index >= 15 is 4.79 Å². The Kier molecular flexibility index (Phi) is 8.06. The van der Waals surface area contributed by atoms with E-state index in [1.807, 2.05) is 6.08 Å². The number of nitrogens with one attached hydrogen (secondary N) is 1. The van der Waals surface area contributed by atoms with Crippen LogP contribution in [0.2, 0.25) is 5.02 Å². The zero-order valence-electron chi connectivity index (χ0n) is 27.9. The maximum Gasteiger partial charge on any atom is 0.269 e. The molecular formula is C39H30ClFN4O8. The molecule has 1 saturated carbocycles. The number of nitro benzene ring substituents is 1. The van der Waals surface area contributed by atoms with Gasteiger partial charge in [0.05, 0.1) is 46.6 Å². The molecule has 4 aromatic carbocycles. The molecule has 53 heavy (non-hydrogen) atoms. The minimum Gasteiger partial charge on any atom is -0.508 e. The molecule has 4 aromatic rings. The van der Waals surface area contributed by atoms with Crippen LogP contribution in [-0.2, 0) is 24.6 Å². The van der Waals surface area contributed by atoms with Crippen molar-refractivity contribution >= 4 is 52.3 Å². The lowest BCUT2D eigenvalue weighted by Crippen LogP contribution is -2.53. The monoisotopic (exact) mass is 736 g/mol. The quantitative estimate of drug-likeness (QED) is 0.0962. The number of rotatable bonds is 7. The molecule has 3 fully saturated rings. The summed E-state index contributed by atoms with van der Waals surface area (Å²) in [4.78, 5) is 70.3. The average molecular weight is 737 g/mol. The smallest absolute Gasteiger partial charge is 0.269 e. The zero-order valence-corrected chi connectivity index (χ0v) is 28.7. The predicted octanol–water partition coefficient (Wildman–Crippen LogP) is 6.29. The van der Waals surface area contributed by atoms with Crippen molar-refractivity contribution in [2.75, 3.05) is 17.4 Å². The van der Waals surface area contributed by atoms with E-state index in [1.165, 1.54) is 67.8 Å². The van der Waals surface area contributed by atoms with Gasteiger partial charge >= 0.3 is 0 Å². The maximum atomic E-state index is 15.3. The van der Waals surface area contributed by atoms with Gasteiger partial charge < -0.3 is 9.84 Å². The van der Waals surface area contributed by atoms with E-state index in [9.17, 15) is 34.0 Å². The highest BCUT2D eigenvalue weighted by Crippen LogP contribution is 2.65. The number of hydrogen-bond acceptors (Lipinski definition) is 9. The van der Waals surface area contributed by atoms with Crippen molar-refractivity contribution in [1.82, 2.24) is 5.01 Å². The molecule has 0 radical (unpaired) electrons. The van der Waals surface area contributed by atoms with E-state index in [-0.39, 0.29) is 41.4 Å². The third kappa shape index (κ3) is 5.09. The number of carbonyl (C=O) groups excluding carboxylic acids is 4. The van der Waals surface area contributed by atoms with Crippen LogP contribution in [0.1, 0.15) is 29.9 Å². The van der Waals surface area contributed by atoms with E-state index in [1.54, 1.807) is 30.3 Å². The van der Waals surface area contributed by atoms with Gasteiger partial charge in [0.2, 0.25) is 11.8 Å². The van der Waals surface area contributed by atoms with Gasteiger partial charge in [-0.1, -0.05) is 41.4 Å². The van der Waals surface area contributed by atoms with E-state index in [0.29, 0.717) is 21.7 Å². The zero-order chi connectivity index (χ0) is 37.3. The summed E-state index contributed by atoms with van der Waals surface area (Å²) in [6.07, 6.45) is 2.02. The van der Waals surface area contributed by atoms with Gasteiger partial charge in [-0.15, -0.1) is 0 Å². The van der Waals surface area contributed by atoms with Crippen LogP contribution < -0.4 is 15.1 Å². The summed E-state index contributed by atoms with van der Waals surface area (Å²) in [5.41, 5.74) is 3.11. The van der Waals surface area contributed by atoms with E-state index in [0.717, 1.165) is 9.91 Å². The first-order valence-corrected chi connectivity index (χ1v) is 17.2. The Labute approximate surface area is 306 Å². The lowest BCUT2D eigenvalue weighted by molar-refractivity contribution is -0.384. The fraction of sp³-hybridized carbons (Fsp3) is 0.231. The lowest BCUT2D eigenvalue weighted by Gasteiger charge is -2.50. The van der Waals surface area contributed by atoms with Gasteiger partial charge in [0, 0.05) is 34.7 Å². The number of hydrazine groups is 1. The number of benzene rings is 4. The number of phenolic OH excluding ortho intramolecular Hbond substituents is 1. The first kappa shape index (κ1) is 34.0. The van der Waals surface area contributed by atoms with E-state index in [2.05, 4.69) is 5.43 Å². The highest BCUT2D eigenvalue weighted by atomic mass is 35.5. The molecule has 2 saturated heterocycles. The molecule has 14 heteroatoms. The largest absolute Gasteiger partial charge is 0.508 e. The van der Waals surface area contributed by atoms with Crippen molar-refractivity contribution in [3.05, 3.63) is 135 Å². The molecule has 0 bridgehead atoms. The van der Waals surface area contributed by atoms with Crippen LogP contribution >= 0.6 is 11.6 Å². The number of aromatic hydroxyl groups is 1. The highest BCUT2D eigenvalue weighted by Gasteiger charge is 2.70. The Morgan fingerprint density at radius 1 is 0.925 bits per heavy atom. The number of methoxy groups -OCH3 is 1. The fourth-order valence-electron chi connectivity index (χ4n) is 8.92. The van der Waals surface area contributed by atoms with E-state index < -0.39 is 69.4 Å². The van der Waals surface area contributed by atoms with Crippen LogP contribution in [0.5, 0.6) is 11.5 Å². The number of nitro groups is 1. The molecule has 4 amide bonds. The van der Waals surface area contributed by atoms with Gasteiger partial charge in [0.15, 0.2) is 0 Å². The number of carbonyl (C=O) groups is 4. The highest BCUT2D eigenvalue weighted by molar-refractivity contribution is 6.30. The van der Waals surface area contributed by atoms with E-state index in [4.69, 9.17) is 16.3 Å². The van der Waals surface area contributed by atoms with Crippen molar-refractivity contribution in [2.45, 2.75) is 24.2 Å². The van der Waals surface area contributed by atoms with Crippen LogP contribution in [-0.4, -0.2) is 45.8 Å². The summed E-state index contributed by atoms with van der Waals surface area (Å²) in [6, 6.07) is 21.5. The third-order valence-corrected chi connectivity index (χ3v) is 11.4. The number of halogens is 2. The van der Waals surface area contributed by atoms with Gasteiger partial charge in [-0.2, -0.15) is 5.01 Å². The molecular weight excluding hydrogens is 707 g/mol. The molecule has 8 rings (SSSR count). The molecule has 4 aliphatic rings. The average Bonchev–Trinajstić information content (AvgIpc) is 3.53. The second kappa shape index (κ2) is 12.6. The second-order valence-corrected chi connectivity index (χ2v) is 14.0. The Bertz CT molecular complexity index is 2250. The number of allylic oxidation sites excluding steroid dienone is 2. The predicted molar refractivity (Wildman–Crippen MR) is 189 cm³/mol. The molecule has 0 spiro atoms. The molecule has 12 nitrogen and oxygen atoms in total. The normalized spacial score (nSPS) is 26.2. The molecule has 6 atom stereocenters. The van der Waals surface area contributed by atoms with Gasteiger partial charge in [-0.05, 0) is 78.9 Å². The number of non-ortho nitro benzene ring substituents is 1. The van der Waals surface area contributed by atoms with Gasteiger partial charge in [0.1, 0.15) is 17.3 Å². The van der Waals surface area contributed by atoms with Crippen molar-refractivity contribution in [2.24, 2.45) is 23.7 Å². The minimum absolute atomic E-state index is 0.00577. The Morgan fingerprint density at radius 3 is 2.28 bits per heavy atom. The van der Waals surface area contributed by atoms with Crippen molar-refractivity contribution in [3.8, 4) is 11.5 Å². The molecule has 2 aliphatic heterocycles. The molecule has 268 valence electrons. The first-order valence-electron chi connectivity index (χ1n) is 16.8. The topological polar surface area (TPSA) is 159 Å². The molecule has 2 heterocycles. The number of phenols is 1. The number of fused-ring (bicyclic) bond motifs is 4. The fourth-order valence-corrected chi connectivity index (χ4v) is 9.04. The number of imide groups is 2. The minimum atomic E-state index is -1.64. The standard InChI is InChI=1S/C39H30ClFN4O8/c1-53-32-18-26(46)14-15-28(32)34-27-16-17-29-33(37(49)43(35(29)47)24-10-12-25(13-11-24)45(51)52)30(27)19-31-36(48)44(42-23-8-6-22(41)7-9-23)38(50)39(31,34)20-2-4-21(40)5-3-20/h2-16,18,29-31,33-34,42,46H,17,19H2,1H3/t29-,30+,31-,33-,34+,39+/m0/s1. The lowest BCUT2D eigenvalue weighted by atomic mass is 9.49. The summed E-state index contributed by atoms with van der Waals surface area (Å²) < 4.78 is 19.6. The van der Waals surface area contributed by atoms with Crippen LogP contribution in [0.25, 0.3) is 0 Å². The summed E-state index contributed by atoms with van der Waals surface area (Å²) in [6.45, 7) is 0. The Hall–Kier alpha value is -6.08. The Balaban J connectivity index is 1.32. The maximum absolute atomic E-state index is 15.3. The SMILES string of the molecule is COc1cc(O)ccc1[C@H]1C2=CC[C@@H]3C(=O)N(c4ccc([N+](=O)[O-])cc4)C(=O)[C@@H]3[C@@H]2C[C@H]2C(=O)N(Nc3ccc(F)cc3)C(=O)[C@@]12c1ccc(Cl)cc1. The first-order chi connectivity index (χ1) is 25.4. The summed E-state index contributed by atoms with van der Waals surface area (Å²) in [7, 11) is 1.42. The van der Waals surface area contributed by atoms with Gasteiger partial charge in [0.25, 0.3) is 17.5 Å². The van der Waals surface area contributed by atoms with Gasteiger partial charge in [-0.25, -0.2) is 4.39 Å². The number of amides is 4. The van der Waals surface area contributed by atoms with Crippen molar-refractivity contribution in [3.63, 3.8) is 0 Å². The number of ether oxygens (including phenoxy) is 1. The van der Waals surface area contributed by atoms with Crippen LogP contribution in [0.3, 0.4) is 0 Å². The number of anilines is 2. The molecule has 2 N–H and O–H groups in total. The Morgan fingerprint density at radius 2 is 1.62 bits per heavy atom. The van der Waals surface area contributed by atoms with Gasteiger partial charge in [-0.3, -0.25) is 39.6 Å². The van der Waals surface area contributed by atoms with Crippen LogP contribution in [0, 0.1) is 39.6 Å².